The first kappa shape index (κ1) is 23.6. The summed E-state index contributed by atoms with van der Waals surface area (Å²) in [7, 11) is 0. The number of amides is 2. The zero-order valence-electron chi connectivity index (χ0n) is 18.0. The maximum atomic E-state index is 12.7. The number of benzene rings is 2. The SMILES string of the molecule is CCC(C)N(CCC(=O)Nc1nnc(-c2ccc(Cl)cc2)s1)C(=O)C=Cc1ccccc1. The van der Waals surface area contributed by atoms with Crippen molar-refractivity contribution >= 4 is 46.0 Å². The van der Waals surface area contributed by atoms with Gasteiger partial charge in [0.1, 0.15) is 5.01 Å². The Morgan fingerprint density at radius 1 is 1.12 bits per heavy atom. The van der Waals surface area contributed by atoms with Gasteiger partial charge in [0.2, 0.25) is 16.9 Å². The number of anilines is 1. The summed E-state index contributed by atoms with van der Waals surface area (Å²) in [6, 6.07) is 16.9. The van der Waals surface area contributed by atoms with Crippen LogP contribution in [0.5, 0.6) is 0 Å². The Bertz CT molecular complexity index is 1070. The van der Waals surface area contributed by atoms with Crippen molar-refractivity contribution in [1.82, 2.24) is 15.1 Å². The lowest BCUT2D eigenvalue weighted by Gasteiger charge is -2.27. The third kappa shape index (κ3) is 6.73. The molecule has 3 rings (SSSR count). The highest BCUT2D eigenvalue weighted by atomic mass is 35.5. The number of halogens is 1. The highest BCUT2D eigenvalue weighted by molar-refractivity contribution is 7.18. The van der Waals surface area contributed by atoms with Gasteiger partial charge in [0.15, 0.2) is 0 Å². The van der Waals surface area contributed by atoms with Crippen molar-refractivity contribution in [2.24, 2.45) is 0 Å². The van der Waals surface area contributed by atoms with Crippen LogP contribution in [0.15, 0.2) is 60.7 Å². The smallest absolute Gasteiger partial charge is 0.246 e. The number of carbonyl (C=O) groups excluding carboxylic acids is 2. The first-order valence-corrected chi connectivity index (χ1v) is 11.6. The van der Waals surface area contributed by atoms with E-state index >= 15 is 0 Å². The number of carbonyl (C=O) groups is 2. The molecule has 0 aliphatic heterocycles. The maximum Gasteiger partial charge on any atom is 0.246 e. The molecule has 0 spiro atoms. The lowest BCUT2D eigenvalue weighted by Crippen LogP contribution is -2.39. The van der Waals surface area contributed by atoms with Crippen molar-refractivity contribution in [2.75, 3.05) is 11.9 Å². The van der Waals surface area contributed by atoms with Crippen molar-refractivity contribution in [3.63, 3.8) is 0 Å². The normalized spacial score (nSPS) is 12.0. The highest BCUT2D eigenvalue weighted by Gasteiger charge is 2.18. The van der Waals surface area contributed by atoms with E-state index in [1.807, 2.05) is 56.3 Å². The summed E-state index contributed by atoms with van der Waals surface area (Å²) in [5, 5.41) is 12.7. The summed E-state index contributed by atoms with van der Waals surface area (Å²) < 4.78 is 0. The Hall–Kier alpha value is -3.03. The monoisotopic (exact) mass is 468 g/mol. The molecule has 1 N–H and O–H groups in total. The predicted octanol–water partition coefficient (Wildman–Crippen LogP) is 5.53. The molecule has 3 aromatic rings. The molecular formula is C24H25ClN4O2S. The average Bonchev–Trinajstić information content (AvgIpc) is 3.27. The fraction of sp³-hybridized carbons (Fsp3) is 0.250. The molecule has 0 radical (unpaired) electrons. The van der Waals surface area contributed by atoms with E-state index in [1.54, 1.807) is 29.2 Å². The quantitative estimate of drug-likeness (QED) is 0.419. The van der Waals surface area contributed by atoms with Crippen LogP contribution in [0, 0.1) is 0 Å². The highest BCUT2D eigenvalue weighted by Crippen LogP contribution is 2.27. The van der Waals surface area contributed by atoms with Gasteiger partial charge in [0, 0.05) is 35.7 Å². The van der Waals surface area contributed by atoms with E-state index in [1.165, 1.54) is 11.3 Å². The lowest BCUT2D eigenvalue weighted by atomic mass is 10.1. The van der Waals surface area contributed by atoms with Crippen molar-refractivity contribution in [1.29, 1.82) is 0 Å². The molecule has 0 fully saturated rings. The van der Waals surface area contributed by atoms with Crippen LogP contribution in [0.1, 0.15) is 32.3 Å². The third-order valence-electron chi connectivity index (χ3n) is 4.97. The van der Waals surface area contributed by atoms with Gasteiger partial charge >= 0.3 is 0 Å². The van der Waals surface area contributed by atoms with Crippen LogP contribution in [0.4, 0.5) is 5.13 Å². The summed E-state index contributed by atoms with van der Waals surface area (Å²) in [6.45, 7) is 4.32. The van der Waals surface area contributed by atoms with Crippen LogP contribution >= 0.6 is 22.9 Å². The van der Waals surface area contributed by atoms with E-state index in [0.717, 1.165) is 17.5 Å². The van der Waals surface area contributed by atoms with E-state index in [-0.39, 0.29) is 24.3 Å². The minimum Gasteiger partial charge on any atom is -0.336 e. The molecule has 0 aliphatic carbocycles. The van der Waals surface area contributed by atoms with Gasteiger partial charge in [0.05, 0.1) is 0 Å². The van der Waals surface area contributed by atoms with Crippen LogP contribution < -0.4 is 5.32 Å². The van der Waals surface area contributed by atoms with Crippen LogP contribution in [0.2, 0.25) is 5.02 Å². The molecule has 0 saturated heterocycles. The number of hydrogen-bond acceptors (Lipinski definition) is 5. The number of nitrogens with one attached hydrogen (secondary N) is 1. The second-order valence-electron chi connectivity index (χ2n) is 7.25. The maximum absolute atomic E-state index is 12.7. The van der Waals surface area contributed by atoms with Crippen molar-refractivity contribution in [2.45, 2.75) is 32.7 Å². The van der Waals surface area contributed by atoms with Crippen LogP contribution in [-0.4, -0.2) is 39.5 Å². The molecule has 1 unspecified atom stereocenters. The van der Waals surface area contributed by atoms with Gasteiger partial charge in [-0.3, -0.25) is 9.59 Å². The van der Waals surface area contributed by atoms with Gasteiger partial charge in [-0.15, -0.1) is 10.2 Å². The third-order valence-corrected chi connectivity index (χ3v) is 6.11. The molecule has 1 atom stereocenters. The van der Waals surface area contributed by atoms with E-state index in [0.29, 0.717) is 21.7 Å². The topological polar surface area (TPSA) is 75.2 Å². The van der Waals surface area contributed by atoms with E-state index in [4.69, 9.17) is 11.6 Å². The van der Waals surface area contributed by atoms with Gasteiger partial charge in [-0.25, -0.2) is 0 Å². The molecule has 32 heavy (non-hydrogen) atoms. The number of nitrogens with zero attached hydrogens (tertiary/aromatic N) is 3. The van der Waals surface area contributed by atoms with E-state index < -0.39 is 0 Å². The first-order chi connectivity index (χ1) is 15.5. The molecule has 2 aromatic carbocycles. The average molecular weight is 469 g/mol. The fourth-order valence-corrected chi connectivity index (χ4v) is 3.87. The second kappa shape index (κ2) is 11.5. The Morgan fingerprint density at radius 2 is 1.84 bits per heavy atom. The summed E-state index contributed by atoms with van der Waals surface area (Å²) in [6.07, 6.45) is 4.32. The largest absolute Gasteiger partial charge is 0.336 e. The van der Waals surface area contributed by atoms with Gasteiger partial charge in [-0.1, -0.05) is 72.3 Å². The predicted molar refractivity (Wildman–Crippen MR) is 131 cm³/mol. The molecule has 8 heteroatoms. The molecule has 2 amide bonds. The number of aromatic nitrogens is 2. The molecular weight excluding hydrogens is 444 g/mol. The molecule has 1 heterocycles. The van der Waals surface area contributed by atoms with Crippen molar-refractivity contribution < 1.29 is 9.59 Å². The lowest BCUT2D eigenvalue weighted by molar-refractivity contribution is -0.128. The van der Waals surface area contributed by atoms with Gasteiger partial charge in [-0.05, 0) is 37.1 Å². The molecule has 0 saturated carbocycles. The molecule has 0 aliphatic rings. The standard InChI is InChI=1S/C24H25ClN4O2S/c1-3-17(2)29(22(31)14-9-18-7-5-4-6-8-18)16-15-21(30)26-24-28-27-23(32-24)19-10-12-20(25)13-11-19/h4-14,17H,3,15-16H2,1-2H3,(H,26,28,30). The Kier molecular flexibility index (Phi) is 8.53. The van der Waals surface area contributed by atoms with Crippen LogP contribution in [0.25, 0.3) is 16.6 Å². The fourth-order valence-electron chi connectivity index (χ4n) is 2.98. The Labute approximate surface area is 196 Å². The molecule has 1 aromatic heterocycles. The summed E-state index contributed by atoms with van der Waals surface area (Å²) in [5.41, 5.74) is 1.83. The second-order valence-corrected chi connectivity index (χ2v) is 8.66. The molecule has 6 nitrogen and oxygen atoms in total. The summed E-state index contributed by atoms with van der Waals surface area (Å²) >= 11 is 7.21. The first-order valence-electron chi connectivity index (χ1n) is 10.4. The van der Waals surface area contributed by atoms with Crippen molar-refractivity contribution in [3.05, 3.63) is 71.3 Å². The van der Waals surface area contributed by atoms with Crippen molar-refractivity contribution in [3.8, 4) is 10.6 Å². The van der Waals surface area contributed by atoms with E-state index in [9.17, 15) is 9.59 Å². The number of rotatable bonds is 9. The minimum atomic E-state index is -0.211. The Balaban J connectivity index is 1.57. The molecule has 166 valence electrons. The summed E-state index contributed by atoms with van der Waals surface area (Å²) in [4.78, 5) is 26.9. The van der Waals surface area contributed by atoms with Gasteiger partial charge in [0.25, 0.3) is 0 Å². The Morgan fingerprint density at radius 3 is 2.53 bits per heavy atom. The van der Waals surface area contributed by atoms with Crippen LogP contribution in [-0.2, 0) is 9.59 Å². The summed E-state index contributed by atoms with van der Waals surface area (Å²) in [5.74, 6) is -0.325. The van der Waals surface area contributed by atoms with Gasteiger partial charge in [-0.2, -0.15) is 0 Å². The zero-order chi connectivity index (χ0) is 22.9. The minimum absolute atomic E-state index is 0.0220. The number of hydrogen-bond donors (Lipinski definition) is 1. The van der Waals surface area contributed by atoms with Gasteiger partial charge < -0.3 is 10.2 Å². The molecule has 0 bridgehead atoms. The van der Waals surface area contributed by atoms with Crippen LogP contribution in [0.3, 0.4) is 0 Å². The van der Waals surface area contributed by atoms with E-state index in [2.05, 4.69) is 15.5 Å². The zero-order valence-corrected chi connectivity index (χ0v) is 19.6.